The van der Waals surface area contributed by atoms with Gasteiger partial charge in [0.15, 0.2) is 5.70 Å². The van der Waals surface area contributed by atoms with Crippen LogP contribution in [0.3, 0.4) is 0 Å². The van der Waals surface area contributed by atoms with Gasteiger partial charge < -0.3 is 25.6 Å². The van der Waals surface area contributed by atoms with Crippen LogP contribution < -0.4 is 20.5 Å². The van der Waals surface area contributed by atoms with Crippen molar-refractivity contribution in [1.82, 2.24) is 0 Å². The van der Waals surface area contributed by atoms with E-state index in [1.165, 1.54) is 27.2 Å². The quantitative estimate of drug-likeness (QED) is 0.109. The van der Waals surface area contributed by atoms with Crippen LogP contribution in [0.2, 0.25) is 0 Å². The Balaban J connectivity index is 2.49. The Morgan fingerprint density at radius 1 is 0.971 bits per heavy atom. The molecule has 0 bridgehead atoms. The molecule has 35 heavy (non-hydrogen) atoms. The molecule has 190 valence electrons. The van der Waals surface area contributed by atoms with E-state index in [0.717, 1.165) is 25.1 Å². The molecule has 2 rings (SSSR count). The number of benzene rings is 2. The summed E-state index contributed by atoms with van der Waals surface area (Å²) in [5, 5.41) is 19.7. The van der Waals surface area contributed by atoms with E-state index in [1.54, 1.807) is 0 Å². The molecular formula is C19H22N4O10S2. The minimum atomic E-state index is -4.74. The van der Waals surface area contributed by atoms with E-state index in [1.807, 2.05) is 0 Å². The van der Waals surface area contributed by atoms with Gasteiger partial charge in [0, 0.05) is 12.1 Å². The van der Waals surface area contributed by atoms with Crippen molar-refractivity contribution in [2.45, 2.75) is 23.6 Å². The fraction of sp³-hybridized carbons (Fsp3) is 0.211. The molecule has 0 aromatic heterocycles. The number of ether oxygens (including phenoxy) is 2. The summed E-state index contributed by atoms with van der Waals surface area (Å²) in [4.78, 5) is 11.7. The summed E-state index contributed by atoms with van der Waals surface area (Å²) in [7, 11) is -6.86. The SMILES string of the molecule is COc1cc(S(=O)(=O)O)c(C)cc1N=NC(C(=O)Nc1cc(S(=O)(=O)O)c(N)cc1OC)=C(C)O. The second-order valence-electron chi connectivity index (χ2n) is 6.92. The van der Waals surface area contributed by atoms with Crippen molar-refractivity contribution >= 4 is 43.2 Å². The Bertz CT molecular complexity index is 1440. The summed E-state index contributed by atoms with van der Waals surface area (Å²) in [6, 6.07) is 4.13. The van der Waals surface area contributed by atoms with Gasteiger partial charge in [0.2, 0.25) is 0 Å². The monoisotopic (exact) mass is 530 g/mol. The number of hydrogen-bond acceptors (Lipinski definition) is 11. The van der Waals surface area contributed by atoms with Gasteiger partial charge in [-0.2, -0.15) is 16.8 Å². The molecule has 0 aliphatic carbocycles. The smallest absolute Gasteiger partial charge is 0.296 e. The zero-order valence-electron chi connectivity index (χ0n) is 18.8. The number of carbonyl (C=O) groups is 1. The van der Waals surface area contributed by atoms with Gasteiger partial charge >= 0.3 is 0 Å². The lowest BCUT2D eigenvalue weighted by Crippen LogP contribution is -2.16. The number of aryl methyl sites for hydroxylation is 1. The number of anilines is 2. The van der Waals surface area contributed by atoms with Crippen molar-refractivity contribution in [1.29, 1.82) is 0 Å². The minimum absolute atomic E-state index is 0.0392. The Hall–Kier alpha value is -3.73. The molecule has 1 amide bonds. The zero-order valence-corrected chi connectivity index (χ0v) is 20.4. The number of aliphatic hydroxyl groups excluding tert-OH is 1. The van der Waals surface area contributed by atoms with Crippen molar-refractivity contribution in [2.24, 2.45) is 10.2 Å². The van der Waals surface area contributed by atoms with E-state index in [4.69, 9.17) is 15.2 Å². The van der Waals surface area contributed by atoms with Crippen LogP contribution in [0.15, 0.2) is 55.7 Å². The summed E-state index contributed by atoms with van der Waals surface area (Å²) in [5.74, 6) is -1.81. The molecule has 0 aliphatic heterocycles. The minimum Gasteiger partial charge on any atom is -0.510 e. The van der Waals surface area contributed by atoms with Crippen LogP contribution in [0.5, 0.6) is 11.5 Å². The number of nitrogens with zero attached hydrogens (tertiary/aromatic N) is 2. The van der Waals surface area contributed by atoms with Gasteiger partial charge in [0.1, 0.15) is 32.7 Å². The molecule has 0 saturated carbocycles. The van der Waals surface area contributed by atoms with Gasteiger partial charge in [-0.25, -0.2) is 0 Å². The molecule has 2 aromatic rings. The highest BCUT2D eigenvalue weighted by Gasteiger charge is 2.22. The molecule has 0 spiro atoms. The van der Waals surface area contributed by atoms with Crippen molar-refractivity contribution < 1.29 is 45.3 Å². The number of nitrogens with one attached hydrogen (secondary N) is 1. The average molecular weight is 531 g/mol. The summed E-state index contributed by atoms with van der Waals surface area (Å²) < 4.78 is 74.8. The molecule has 0 fully saturated rings. The average Bonchev–Trinajstić information content (AvgIpc) is 2.72. The van der Waals surface area contributed by atoms with Crippen LogP contribution in [-0.4, -0.2) is 51.2 Å². The molecule has 0 atom stereocenters. The number of hydrogen-bond donors (Lipinski definition) is 5. The van der Waals surface area contributed by atoms with Crippen molar-refractivity contribution in [3.8, 4) is 11.5 Å². The van der Waals surface area contributed by atoms with Gasteiger partial charge in [0.25, 0.3) is 26.1 Å². The number of allylic oxidation sites excluding steroid dienone is 1. The van der Waals surface area contributed by atoms with Crippen LogP contribution in [0, 0.1) is 6.92 Å². The van der Waals surface area contributed by atoms with Crippen LogP contribution in [0.25, 0.3) is 0 Å². The van der Waals surface area contributed by atoms with E-state index in [2.05, 4.69) is 15.5 Å². The summed E-state index contributed by atoms with van der Waals surface area (Å²) in [5.41, 5.74) is 4.48. The Labute approximate surface area is 200 Å². The Morgan fingerprint density at radius 3 is 2.03 bits per heavy atom. The van der Waals surface area contributed by atoms with Gasteiger partial charge in [0.05, 0.1) is 25.6 Å². The van der Waals surface area contributed by atoms with Crippen molar-refractivity contribution in [2.75, 3.05) is 25.3 Å². The first-order valence-electron chi connectivity index (χ1n) is 9.34. The second-order valence-corrected chi connectivity index (χ2v) is 9.70. The number of rotatable bonds is 8. The van der Waals surface area contributed by atoms with E-state index in [9.17, 15) is 35.8 Å². The summed E-state index contributed by atoms with van der Waals surface area (Å²) >= 11 is 0. The highest BCUT2D eigenvalue weighted by molar-refractivity contribution is 7.86. The third-order valence-corrected chi connectivity index (χ3v) is 6.33. The highest BCUT2D eigenvalue weighted by Crippen LogP contribution is 2.35. The molecule has 14 nitrogen and oxygen atoms in total. The molecular weight excluding hydrogens is 508 g/mol. The number of amides is 1. The van der Waals surface area contributed by atoms with E-state index in [-0.39, 0.29) is 34.1 Å². The third-order valence-electron chi connectivity index (χ3n) is 4.43. The van der Waals surface area contributed by atoms with Crippen molar-refractivity contribution in [3.05, 3.63) is 41.3 Å². The molecule has 0 unspecified atom stereocenters. The predicted molar refractivity (Wildman–Crippen MR) is 123 cm³/mol. The lowest BCUT2D eigenvalue weighted by Gasteiger charge is -2.13. The zero-order chi connectivity index (χ0) is 26.7. The lowest BCUT2D eigenvalue weighted by molar-refractivity contribution is -0.113. The maximum absolute atomic E-state index is 12.8. The van der Waals surface area contributed by atoms with Gasteiger partial charge in [-0.05, 0) is 31.5 Å². The Morgan fingerprint density at radius 2 is 1.54 bits per heavy atom. The fourth-order valence-electron chi connectivity index (χ4n) is 2.81. The fourth-order valence-corrected chi connectivity index (χ4v) is 4.15. The molecule has 0 radical (unpaired) electrons. The number of azo groups is 1. The third kappa shape index (κ3) is 6.44. The Kier molecular flexibility index (Phi) is 8.07. The number of nitrogen functional groups attached to an aromatic ring is 1. The first-order chi connectivity index (χ1) is 16.1. The molecule has 0 aliphatic rings. The molecule has 0 saturated heterocycles. The van der Waals surface area contributed by atoms with Crippen molar-refractivity contribution in [3.63, 3.8) is 0 Å². The summed E-state index contributed by atoms with van der Waals surface area (Å²) in [6.07, 6.45) is 0. The predicted octanol–water partition coefficient (Wildman–Crippen LogP) is 2.60. The van der Waals surface area contributed by atoms with E-state index >= 15 is 0 Å². The first-order valence-corrected chi connectivity index (χ1v) is 12.2. The van der Waals surface area contributed by atoms with Crippen LogP contribution in [-0.2, 0) is 25.0 Å². The molecule has 16 heteroatoms. The number of nitrogens with two attached hydrogens (primary N) is 1. The molecule has 0 heterocycles. The van der Waals surface area contributed by atoms with Gasteiger partial charge in [-0.3, -0.25) is 13.9 Å². The lowest BCUT2D eigenvalue weighted by atomic mass is 10.2. The van der Waals surface area contributed by atoms with E-state index in [0.29, 0.717) is 0 Å². The van der Waals surface area contributed by atoms with Crippen LogP contribution in [0.1, 0.15) is 12.5 Å². The second kappa shape index (κ2) is 10.3. The van der Waals surface area contributed by atoms with E-state index < -0.39 is 47.4 Å². The number of aliphatic hydroxyl groups is 1. The topological polar surface area (TPSA) is 227 Å². The first kappa shape index (κ1) is 27.5. The maximum Gasteiger partial charge on any atom is 0.296 e. The molecule has 6 N–H and O–H groups in total. The standard InChI is InChI=1S/C19H22N4O10S2/c1-9-5-13(15(33-4)8-16(9)34(26,27)28)22-23-18(10(2)24)19(25)21-12-7-17(35(29,30)31)11(20)6-14(12)32-3/h5-8,24H,20H2,1-4H3,(H,21,25)(H,26,27,28)(H,29,30,31). The number of carbonyl (C=O) groups excluding carboxylic acids is 1. The van der Waals surface area contributed by atoms with Gasteiger partial charge in [-0.1, -0.05) is 0 Å². The summed E-state index contributed by atoms with van der Waals surface area (Å²) in [6.45, 7) is 2.50. The van der Waals surface area contributed by atoms with Crippen LogP contribution >= 0.6 is 0 Å². The highest BCUT2D eigenvalue weighted by atomic mass is 32.2. The van der Waals surface area contributed by atoms with Gasteiger partial charge in [-0.15, -0.1) is 10.2 Å². The normalized spacial score (nSPS) is 12.9. The molecule has 2 aromatic carbocycles. The number of methoxy groups -OCH3 is 2. The largest absolute Gasteiger partial charge is 0.510 e. The van der Waals surface area contributed by atoms with Crippen LogP contribution in [0.4, 0.5) is 17.1 Å². The maximum atomic E-state index is 12.8.